The molecule has 8 rings (SSSR count). The topological polar surface area (TPSA) is 125 Å². The van der Waals surface area contributed by atoms with E-state index in [0.717, 1.165) is 37.4 Å². The predicted molar refractivity (Wildman–Crippen MR) is 167 cm³/mol. The second kappa shape index (κ2) is 11.7. The van der Waals surface area contributed by atoms with Crippen molar-refractivity contribution in [2.75, 3.05) is 26.8 Å². The zero-order valence-corrected chi connectivity index (χ0v) is 26.7. The fraction of sp³-hybridized carbons (Fsp3) is 0.694. The lowest BCUT2D eigenvalue weighted by molar-refractivity contribution is -0.147. The second-order valence-corrected chi connectivity index (χ2v) is 15.3. The number of aldehydes is 1. The van der Waals surface area contributed by atoms with Crippen LogP contribution in [-0.2, 0) is 9.59 Å². The molecule has 10 unspecified atom stereocenters. The number of hydrogen-bond donors (Lipinski definition) is 3. The van der Waals surface area contributed by atoms with Gasteiger partial charge >= 0.3 is 0 Å². The maximum absolute atomic E-state index is 14.5. The first kappa shape index (κ1) is 30.7. The Morgan fingerprint density at radius 1 is 1.13 bits per heavy atom. The highest BCUT2D eigenvalue weighted by molar-refractivity contribution is 5.96. The van der Waals surface area contributed by atoms with E-state index < -0.39 is 24.2 Å². The van der Waals surface area contributed by atoms with Gasteiger partial charge in [0.15, 0.2) is 11.5 Å². The number of ether oxygens (including phenoxy) is 2. The number of aliphatic hydroxyl groups excluding tert-OH is 2. The first-order valence-electron chi connectivity index (χ1n) is 17.1. The Morgan fingerprint density at radius 2 is 1.96 bits per heavy atom. The molecule has 9 heteroatoms. The molecule has 4 bridgehead atoms. The van der Waals surface area contributed by atoms with Crippen LogP contribution in [0.15, 0.2) is 23.8 Å². The van der Waals surface area contributed by atoms with Gasteiger partial charge in [-0.3, -0.25) is 14.4 Å². The number of aliphatic hydroxyl groups is 2. The van der Waals surface area contributed by atoms with Gasteiger partial charge in [0.1, 0.15) is 18.5 Å². The number of nitrogens with one attached hydrogen (secondary N) is 1. The third-order valence-corrected chi connectivity index (χ3v) is 12.8. The summed E-state index contributed by atoms with van der Waals surface area (Å²) in [6.07, 6.45) is 9.21. The third-order valence-electron chi connectivity index (χ3n) is 12.8. The van der Waals surface area contributed by atoms with Crippen molar-refractivity contribution < 1.29 is 34.1 Å². The van der Waals surface area contributed by atoms with Crippen LogP contribution in [0.1, 0.15) is 87.1 Å². The fourth-order valence-corrected chi connectivity index (χ4v) is 10.4. The van der Waals surface area contributed by atoms with E-state index in [-0.39, 0.29) is 30.4 Å². The van der Waals surface area contributed by atoms with Crippen molar-refractivity contribution in [1.82, 2.24) is 10.2 Å². The Labute approximate surface area is 265 Å². The van der Waals surface area contributed by atoms with E-state index in [1.165, 1.54) is 32.8 Å². The monoisotopic (exact) mass is 620 g/mol. The van der Waals surface area contributed by atoms with Gasteiger partial charge in [-0.25, -0.2) is 0 Å². The zero-order chi connectivity index (χ0) is 31.6. The van der Waals surface area contributed by atoms with Crippen molar-refractivity contribution >= 4 is 18.1 Å². The van der Waals surface area contributed by atoms with E-state index >= 15 is 0 Å². The van der Waals surface area contributed by atoms with Crippen LogP contribution in [0.3, 0.4) is 0 Å². The number of hydrogen-bond acceptors (Lipinski definition) is 7. The molecule has 0 aromatic heterocycles. The van der Waals surface area contributed by atoms with Crippen LogP contribution in [-0.4, -0.2) is 78.3 Å². The number of amides is 2. The molecule has 3 N–H and O–H groups in total. The molecular weight excluding hydrogens is 572 g/mol. The Balaban J connectivity index is 1.26. The van der Waals surface area contributed by atoms with Crippen LogP contribution in [0, 0.1) is 40.9 Å². The lowest BCUT2D eigenvalue weighted by Crippen LogP contribution is -2.60. The highest BCUT2D eigenvalue weighted by Gasteiger charge is 2.56. The lowest BCUT2D eigenvalue weighted by atomic mass is 9.45. The third kappa shape index (κ3) is 5.09. The molecule has 9 nitrogen and oxygen atoms in total. The fourth-order valence-electron chi connectivity index (χ4n) is 10.4. The zero-order valence-electron chi connectivity index (χ0n) is 26.7. The average Bonchev–Trinajstić information content (AvgIpc) is 3.77. The highest BCUT2D eigenvalue weighted by atomic mass is 16.5. The average molecular weight is 621 g/mol. The summed E-state index contributed by atoms with van der Waals surface area (Å²) in [4.78, 5) is 41.9. The van der Waals surface area contributed by atoms with Gasteiger partial charge in [-0.2, -0.15) is 0 Å². The summed E-state index contributed by atoms with van der Waals surface area (Å²) in [6.45, 7) is 5.11. The van der Waals surface area contributed by atoms with Gasteiger partial charge in [-0.15, -0.1) is 0 Å². The van der Waals surface area contributed by atoms with Crippen molar-refractivity contribution in [3.63, 3.8) is 0 Å². The maximum atomic E-state index is 14.5. The molecule has 1 aromatic rings. The predicted octanol–water partition coefficient (Wildman–Crippen LogP) is 3.86. The summed E-state index contributed by atoms with van der Waals surface area (Å²) in [5.74, 6) is 3.05. The van der Waals surface area contributed by atoms with Crippen molar-refractivity contribution in [1.29, 1.82) is 0 Å². The first-order valence-corrected chi connectivity index (χ1v) is 17.1. The van der Waals surface area contributed by atoms with Crippen LogP contribution in [0.4, 0.5) is 0 Å². The van der Waals surface area contributed by atoms with Crippen molar-refractivity contribution in [2.24, 2.45) is 40.9 Å². The number of fused-ring (bicyclic) bond motifs is 7. The van der Waals surface area contributed by atoms with Crippen LogP contribution in [0.25, 0.3) is 0 Å². The molecule has 10 atom stereocenters. The smallest absolute Gasteiger partial charge is 0.247 e. The van der Waals surface area contributed by atoms with E-state index in [1.54, 1.807) is 18.2 Å². The Morgan fingerprint density at radius 3 is 2.60 bits per heavy atom. The molecule has 5 saturated carbocycles. The molecule has 0 saturated heterocycles. The molecule has 1 heterocycles. The van der Waals surface area contributed by atoms with E-state index in [2.05, 4.69) is 19.2 Å². The Kier molecular flexibility index (Phi) is 8.00. The summed E-state index contributed by atoms with van der Waals surface area (Å²) in [7, 11) is 1.49. The van der Waals surface area contributed by atoms with Gasteiger partial charge in [-0.1, -0.05) is 20.3 Å². The molecule has 0 spiro atoms. The summed E-state index contributed by atoms with van der Waals surface area (Å²) in [6, 6.07) is 2.52. The summed E-state index contributed by atoms with van der Waals surface area (Å²) < 4.78 is 12.0. The number of carbonyl (C=O) groups excluding carboxylic acids is 3. The molecule has 45 heavy (non-hydrogen) atoms. The number of carbonyl (C=O) groups is 3. The molecule has 1 aliphatic heterocycles. The van der Waals surface area contributed by atoms with Crippen LogP contribution >= 0.6 is 0 Å². The number of methoxy groups -OCH3 is 1. The normalized spacial score (nSPS) is 36.6. The lowest BCUT2D eigenvalue weighted by Gasteiger charge is -2.61. The van der Waals surface area contributed by atoms with Crippen LogP contribution in [0.2, 0.25) is 0 Å². The number of benzene rings is 1. The van der Waals surface area contributed by atoms with Crippen molar-refractivity contribution in [3.05, 3.63) is 34.9 Å². The highest BCUT2D eigenvalue weighted by Crippen LogP contribution is 2.62. The minimum absolute atomic E-state index is 0.0528. The Bertz CT molecular complexity index is 1390. The van der Waals surface area contributed by atoms with Gasteiger partial charge in [0, 0.05) is 36.2 Å². The Hall–Kier alpha value is -2.91. The van der Waals surface area contributed by atoms with Gasteiger partial charge in [0.25, 0.3) is 0 Å². The molecule has 1 aromatic carbocycles. The van der Waals surface area contributed by atoms with Gasteiger partial charge in [0.2, 0.25) is 11.8 Å². The second-order valence-electron chi connectivity index (χ2n) is 15.3. The van der Waals surface area contributed by atoms with E-state index in [1.807, 2.05) is 4.90 Å². The van der Waals surface area contributed by atoms with Gasteiger partial charge in [-0.05, 0) is 97.7 Å². The number of nitrogens with zero attached hydrogens (tertiary/aromatic N) is 1. The largest absolute Gasteiger partial charge is 0.493 e. The van der Waals surface area contributed by atoms with Gasteiger partial charge in [0.05, 0.1) is 25.7 Å². The SMILES string of the molecule is COc1cc(C=O)cc2c1OC1C2C(C(=O)NCCO)=CC(N(CC2CCC3CC2C3(C)C)C(=O)CC2CC3CCC2C3)C1O. The number of rotatable bonds is 10. The standard InChI is InChI=1S/C36H48N2O7/c1-36(2)24-7-6-22(27(36)15-24)17-38(30(41)14-23-11-19-4-5-21(23)10-19)28-16-26(35(43)37-8-9-39)31-25-12-20(18-40)13-29(44-3)33(25)45-34(31)32(28)42/h12-13,16,18-19,21-24,27-28,31-32,34,39,42H,4-11,14-15,17H2,1-3H3,(H,37,43). The molecule has 2 amide bonds. The summed E-state index contributed by atoms with van der Waals surface area (Å²) in [5.41, 5.74) is 1.59. The molecule has 244 valence electrons. The summed E-state index contributed by atoms with van der Waals surface area (Å²) >= 11 is 0. The van der Waals surface area contributed by atoms with E-state index in [4.69, 9.17) is 9.47 Å². The first-order chi connectivity index (χ1) is 21.6. The molecular formula is C36H48N2O7. The van der Waals surface area contributed by atoms with E-state index in [0.29, 0.717) is 64.8 Å². The maximum Gasteiger partial charge on any atom is 0.247 e. The minimum Gasteiger partial charge on any atom is -0.493 e. The molecule has 6 aliphatic carbocycles. The van der Waals surface area contributed by atoms with Gasteiger partial charge < -0.3 is 29.9 Å². The van der Waals surface area contributed by atoms with E-state index in [9.17, 15) is 24.6 Å². The molecule has 5 fully saturated rings. The van der Waals surface area contributed by atoms with Crippen LogP contribution < -0.4 is 14.8 Å². The molecule has 7 aliphatic rings. The van der Waals surface area contributed by atoms with Crippen molar-refractivity contribution in [2.45, 2.75) is 89.4 Å². The van der Waals surface area contributed by atoms with Crippen LogP contribution in [0.5, 0.6) is 11.5 Å². The minimum atomic E-state index is -1.10. The van der Waals surface area contributed by atoms with Crippen molar-refractivity contribution in [3.8, 4) is 11.5 Å². The quantitative estimate of drug-likeness (QED) is 0.339. The summed E-state index contributed by atoms with van der Waals surface area (Å²) in [5, 5.41) is 24.4. The molecule has 0 radical (unpaired) electrons.